The second-order valence-electron chi connectivity index (χ2n) is 6.28. The number of hydrazone groups is 1. The fourth-order valence-corrected chi connectivity index (χ4v) is 3.49. The van der Waals surface area contributed by atoms with Gasteiger partial charge in [0.15, 0.2) is 0 Å². The van der Waals surface area contributed by atoms with Gasteiger partial charge in [0.25, 0.3) is 0 Å². The molecule has 4 nitrogen and oxygen atoms in total. The summed E-state index contributed by atoms with van der Waals surface area (Å²) in [4.78, 5) is 0. The standard InChI is InChI=1S/C18H34N2O2/c1-7-14(5)17(21)15(8-2)19-20-13-11-12-16(20)18(9-3,10-4)22-6/h7,14,16-17,21H,1,8-13H2,2-6H3/b19-15+/t14-,16+,17-/m1/s1. The predicted molar refractivity (Wildman–Crippen MR) is 93.1 cm³/mol. The average molecular weight is 310 g/mol. The van der Waals surface area contributed by atoms with E-state index in [0.717, 1.165) is 44.4 Å². The first kappa shape index (κ1) is 19.2. The smallest absolute Gasteiger partial charge is 0.0998 e. The molecule has 0 saturated carbocycles. The van der Waals surface area contributed by atoms with Crippen molar-refractivity contribution >= 4 is 5.71 Å². The SMILES string of the molecule is C=C[C@@H](C)[C@@H](O)/C(CC)=N/N1CCC[C@H]1C(CC)(CC)OC. The number of methoxy groups -OCH3 is 1. The summed E-state index contributed by atoms with van der Waals surface area (Å²) in [5.41, 5.74) is 0.699. The van der Waals surface area contributed by atoms with E-state index in [9.17, 15) is 5.11 Å². The Hall–Kier alpha value is -0.870. The monoisotopic (exact) mass is 310 g/mol. The van der Waals surface area contributed by atoms with E-state index in [1.54, 1.807) is 6.08 Å². The van der Waals surface area contributed by atoms with E-state index >= 15 is 0 Å². The lowest BCUT2D eigenvalue weighted by Gasteiger charge is -2.40. The zero-order chi connectivity index (χ0) is 16.8. The molecule has 1 saturated heterocycles. The Morgan fingerprint density at radius 3 is 2.55 bits per heavy atom. The third-order valence-electron chi connectivity index (χ3n) is 5.27. The molecule has 1 aliphatic heterocycles. The van der Waals surface area contributed by atoms with Crippen LogP contribution in [0.5, 0.6) is 0 Å². The van der Waals surface area contributed by atoms with Crippen LogP contribution in [0.25, 0.3) is 0 Å². The second-order valence-corrected chi connectivity index (χ2v) is 6.28. The molecule has 1 heterocycles. The number of ether oxygens (including phenoxy) is 1. The molecule has 0 spiro atoms. The van der Waals surface area contributed by atoms with Crippen LogP contribution in [-0.4, -0.2) is 47.2 Å². The average Bonchev–Trinajstić information content (AvgIpc) is 3.02. The van der Waals surface area contributed by atoms with Crippen molar-refractivity contribution in [3.05, 3.63) is 12.7 Å². The van der Waals surface area contributed by atoms with Gasteiger partial charge in [0, 0.05) is 19.6 Å². The second kappa shape index (κ2) is 8.68. The lowest BCUT2D eigenvalue weighted by atomic mass is 9.87. The van der Waals surface area contributed by atoms with Crippen LogP contribution in [-0.2, 0) is 4.74 Å². The summed E-state index contributed by atoms with van der Waals surface area (Å²) < 4.78 is 5.91. The van der Waals surface area contributed by atoms with Gasteiger partial charge in [0.05, 0.1) is 23.5 Å². The van der Waals surface area contributed by atoms with Gasteiger partial charge in [0.1, 0.15) is 0 Å². The highest BCUT2D eigenvalue weighted by molar-refractivity contribution is 5.88. The molecule has 0 aliphatic carbocycles. The summed E-state index contributed by atoms with van der Waals surface area (Å²) in [5.74, 6) is 0.0179. The van der Waals surface area contributed by atoms with E-state index in [-0.39, 0.29) is 11.5 Å². The molecule has 1 aliphatic rings. The molecule has 0 aromatic rings. The molecule has 1 fully saturated rings. The van der Waals surface area contributed by atoms with Gasteiger partial charge < -0.3 is 9.84 Å². The minimum Gasteiger partial charge on any atom is -0.386 e. The van der Waals surface area contributed by atoms with Crippen LogP contribution < -0.4 is 0 Å². The van der Waals surface area contributed by atoms with Crippen LogP contribution in [0.2, 0.25) is 0 Å². The zero-order valence-electron chi connectivity index (χ0n) is 15.0. The number of aliphatic hydroxyl groups is 1. The summed E-state index contributed by atoms with van der Waals surface area (Å²) in [6.45, 7) is 13.1. The Bertz CT molecular complexity index is 369. The van der Waals surface area contributed by atoms with Crippen LogP contribution in [0, 0.1) is 5.92 Å². The molecular formula is C18H34N2O2. The highest BCUT2D eigenvalue weighted by Crippen LogP contribution is 2.35. The molecule has 0 bridgehead atoms. The van der Waals surface area contributed by atoms with Crippen molar-refractivity contribution in [3.8, 4) is 0 Å². The van der Waals surface area contributed by atoms with Crippen LogP contribution in [0.15, 0.2) is 17.8 Å². The number of rotatable bonds is 9. The lowest BCUT2D eigenvalue weighted by molar-refractivity contribution is -0.0734. The van der Waals surface area contributed by atoms with Crippen molar-refractivity contribution in [2.24, 2.45) is 11.0 Å². The zero-order valence-corrected chi connectivity index (χ0v) is 15.0. The topological polar surface area (TPSA) is 45.1 Å². The van der Waals surface area contributed by atoms with Gasteiger partial charge in [-0.05, 0) is 32.1 Å². The third kappa shape index (κ3) is 3.90. The number of hydrogen-bond acceptors (Lipinski definition) is 4. The summed E-state index contributed by atoms with van der Waals surface area (Å²) >= 11 is 0. The quantitative estimate of drug-likeness (QED) is 0.523. The van der Waals surface area contributed by atoms with E-state index in [0.29, 0.717) is 6.04 Å². The van der Waals surface area contributed by atoms with Crippen LogP contribution in [0.1, 0.15) is 59.8 Å². The Labute approximate surface area is 136 Å². The van der Waals surface area contributed by atoms with E-state index in [2.05, 4.69) is 25.4 Å². The summed E-state index contributed by atoms with van der Waals surface area (Å²) in [7, 11) is 1.81. The Balaban J connectivity index is 3.02. The van der Waals surface area contributed by atoms with Crippen molar-refractivity contribution in [1.29, 1.82) is 0 Å². The fraction of sp³-hybridized carbons (Fsp3) is 0.833. The van der Waals surface area contributed by atoms with Gasteiger partial charge in [-0.3, -0.25) is 5.01 Å². The molecule has 0 unspecified atom stereocenters. The molecule has 128 valence electrons. The predicted octanol–water partition coefficient (Wildman–Crippen LogP) is 3.61. The van der Waals surface area contributed by atoms with Crippen molar-refractivity contribution in [3.63, 3.8) is 0 Å². The number of nitrogens with zero attached hydrogens (tertiary/aromatic N) is 2. The highest BCUT2D eigenvalue weighted by Gasteiger charge is 2.42. The minimum atomic E-state index is -0.552. The highest BCUT2D eigenvalue weighted by atomic mass is 16.5. The van der Waals surface area contributed by atoms with Crippen molar-refractivity contribution < 1.29 is 9.84 Å². The van der Waals surface area contributed by atoms with Crippen LogP contribution >= 0.6 is 0 Å². The first-order valence-electron chi connectivity index (χ1n) is 8.69. The Morgan fingerprint density at radius 1 is 1.45 bits per heavy atom. The van der Waals surface area contributed by atoms with Gasteiger partial charge in [-0.2, -0.15) is 5.10 Å². The molecule has 1 N–H and O–H groups in total. The molecule has 4 heteroatoms. The van der Waals surface area contributed by atoms with Crippen LogP contribution in [0.3, 0.4) is 0 Å². The number of aliphatic hydroxyl groups excluding tert-OH is 1. The van der Waals surface area contributed by atoms with Crippen LogP contribution in [0.4, 0.5) is 0 Å². The maximum Gasteiger partial charge on any atom is 0.0998 e. The van der Waals surface area contributed by atoms with Crippen molar-refractivity contribution in [2.75, 3.05) is 13.7 Å². The van der Waals surface area contributed by atoms with Gasteiger partial charge in [-0.1, -0.05) is 33.8 Å². The first-order valence-corrected chi connectivity index (χ1v) is 8.69. The summed E-state index contributed by atoms with van der Waals surface area (Å²) in [5, 5.41) is 17.4. The van der Waals surface area contributed by atoms with Gasteiger partial charge >= 0.3 is 0 Å². The molecule has 0 amide bonds. The fourth-order valence-electron chi connectivity index (χ4n) is 3.49. The minimum absolute atomic E-state index is 0.0179. The number of hydrogen-bond donors (Lipinski definition) is 1. The van der Waals surface area contributed by atoms with Gasteiger partial charge in [-0.25, -0.2) is 0 Å². The normalized spacial score (nSPS) is 22.7. The van der Waals surface area contributed by atoms with E-state index in [1.165, 1.54) is 0 Å². The largest absolute Gasteiger partial charge is 0.386 e. The maximum atomic E-state index is 10.4. The third-order valence-corrected chi connectivity index (χ3v) is 5.27. The molecule has 0 aromatic carbocycles. The van der Waals surface area contributed by atoms with Gasteiger partial charge in [0.2, 0.25) is 0 Å². The molecule has 0 aromatic heterocycles. The van der Waals surface area contributed by atoms with E-state index < -0.39 is 6.10 Å². The summed E-state index contributed by atoms with van der Waals surface area (Å²) in [6, 6.07) is 0.292. The lowest BCUT2D eigenvalue weighted by Crippen LogP contribution is -2.49. The van der Waals surface area contributed by atoms with E-state index in [4.69, 9.17) is 9.84 Å². The van der Waals surface area contributed by atoms with Crippen molar-refractivity contribution in [2.45, 2.75) is 77.5 Å². The van der Waals surface area contributed by atoms with Crippen molar-refractivity contribution in [1.82, 2.24) is 5.01 Å². The van der Waals surface area contributed by atoms with Gasteiger partial charge in [-0.15, -0.1) is 6.58 Å². The molecule has 1 rings (SSSR count). The molecule has 22 heavy (non-hydrogen) atoms. The maximum absolute atomic E-state index is 10.4. The molecule has 3 atom stereocenters. The molecular weight excluding hydrogens is 276 g/mol. The first-order chi connectivity index (χ1) is 10.5. The summed E-state index contributed by atoms with van der Waals surface area (Å²) in [6.07, 6.45) is 6.17. The van der Waals surface area contributed by atoms with E-state index in [1.807, 2.05) is 21.0 Å². The Kier molecular flexibility index (Phi) is 7.57. The Morgan fingerprint density at radius 2 is 2.09 bits per heavy atom. The molecule has 0 radical (unpaired) electrons.